The van der Waals surface area contributed by atoms with Crippen LogP contribution >= 0.6 is 0 Å². The number of rotatable bonds is 5. The van der Waals surface area contributed by atoms with E-state index in [2.05, 4.69) is 43.4 Å². The van der Waals surface area contributed by atoms with Crippen LogP contribution in [0.1, 0.15) is 37.9 Å². The minimum Gasteiger partial charge on any atom is -0.342 e. The molecule has 1 amide bonds. The van der Waals surface area contributed by atoms with Gasteiger partial charge in [0.2, 0.25) is 5.91 Å². The lowest BCUT2D eigenvalue weighted by Gasteiger charge is -2.23. The second-order valence-electron chi connectivity index (χ2n) is 5.11. The molecule has 1 aromatic carbocycles. The van der Waals surface area contributed by atoms with Gasteiger partial charge < -0.3 is 10.2 Å². The van der Waals surface area contributed by atoms with E-state index in [1.165, 1.54) is 11.1 Å². The Morgan fingerprint density at radius 3 is 2.28 bits per heavy atom. The van der Waals surface area contributed by atoms with E-state index in [1.807, 2.05) is 20.9 Å². The van der Waals surface area contributed by atoms with Crippen molar-refractivity contribution in [2.45, 2.75) is 39.8 Å². The van der Waals surface area contributed by atoms with Gasteiger partial charge in [-0.1, -0.05) is 29.8 Å². The van der Waals surface area contributed by atoms with E-state index in [-0.39, 0.29) is 18.0 Å². The van der Waals surface area contributed by atoms with Crippen LogP contribution in [0, 0.1) is 6.92 Å². The zero-order valence-electron chi connectivity index (χ0n) is 12.0. The van der Waals surface area contributed by atoms with Crippen LogP contribution in [-0.2, 0) is 4.79 Å². The zero-order chi connectivity index (χ0) is 13.7. The molecule has 1 atom stereocenters. The Kier molecular flexibility index (Phi) is 5.35. The Morgan fingerprint density at radius 2 is 1.78 bits per heavy atom. The van der Waals surface area contributed by atoms with Crippen LogP contribution in [0.2, 0.25) is 0 Å². The van der Waals surface area contributed by atoms with Gasteiger partial charge in [-0.3, -0.25) is 4.79 Å². The maximum absolute atomic E-state index is 11.8. The summed E-state index contributed by atoms with van der Waals surface area (Å²) in [4.78, 5) is 13.6. The average Bonchev–Trinajstić information content (AvgIpc) is 2.35. The second-order valence-corrected chi connectivity index (χ2v) is 5.11. The van der Waals surface area contributed by atoms with Crippen LogP contribution in [0.4, 0.5) is 0 Å². The number of nitrogens with zero attached hydrogens (tertiary/aromatic N) is 1. The molecule has 0 aromatic heterocycles. The van der Waals surface area contributed by atoms with Gasteiger partial charge in [-0.2, -0.15) is 0 Å². The molecular weight excluding hydrogens is 224 g/mol. The molecule has 0 saturated carbocycles. The van der Waals surface area contributed by atoms with Crippen molar-refractivity contribution >= 4 is 5.91 Å². The molecule has 0 heterocycles. The van der Waals surface area contributed by atoms with E-state index in [0.29, 0.717) is 6.54 Å². The highest BCUT2D eigenvalue weighted by molar-refractivity contribution is 5.78. The lowest BCUT2D eigenvalue weighted by Crippen LogP contribution is -2.40. The Labute approximate surface area is 110 Å². The number of hydrogen-bond acceptors (Lipinski definition) is 2. The van der Waals surface area contributed by atoms with Crippen molar-refractivity contribution in [3.8, 4) is 0 Å². The Hall–Kier alpha value is -1.35. The molecule has 0 unspecified atom stereocenters. The molecule has 0 aliphatic heterocycles. The van der Waals surface area contributed by atoms with Gasteiger partial charge in [-0.05, 0) is 33.3 Å². The second kappa shape index (κ2) is 6.55. The first kappa shape index (κ1) is 14.7. The van der Waals surface area contributed by atoms with Gasteiger partial charge >= 0.3 is 0 Å². The number of carbonyl (C=O) groups excluding carboxylic acids is 1. The first-order chi connectivity index (χ1) is 8.41. The van der Waals surface area contributed by atoms with Crippen LogP contribution < -0.4 is 5.32 Å². The number of likely N-dealkylation sites (N-methyl/N-ethyl adjacent to an activating group) is 1. The summed E-state index contributed by atoms with van der Waals surface area (Å²) in [5, 5.41) is 3.26. The molecule has 0 spiro atoms. The molecule has 0 aliphatic carbocycles. The largest absolute Gasteiger partial charge is 0.342 e. The fourth-order valence-electron chi connectivity index (χ4n) is 1.63. The van der Waals surface area contributed by atoms with Gasteiger partial charge in [0.15, 0.2) is 0 Å². The van der Waals surface area contributed by atoms with E-state index >= 15 is 0 Å². The third-order valence-corrected chi connectivity index (χ3v) is 3.30. The summed E-state index contributed by atoms with van der Waals surface area (Å²) in [5.74, 6) is 0.129. The summed E-state index contributed by atoms with van der Waals surface area (Å²) in [6, 6.07) is 8.82. The quantitative estimate of drug-likeness (QED) is 0.868. The summed E-state index contributed by atoms with van der Waals surface area (Å²) in [6.07, 6.45) is 0. The minimum absolute atomic E-state index is 0.129. The van der Waals surface area contributed by atoms with E-state index < -0.39 is 0 Å². The van der Waals surface area contributed by atoms with Crippen molar-refractivity contribution in [1.82, 2.24) is 10.2 Å². The molecule has 0 aliphatic rings. The number of benzene rings is 1. The smallest absolute Gasteiger partial charge is 0.236 e. The third kappa shape index (κ3) is 4.15. The highest BCUT2D eigenvalue weighted by Crippen LogP contribution is 2.12. The predicted octanol–water partition coefficient (Wildman–Crippen LogP) is 2.51. The van der Waals surface area contributed by atoms with Crippen LogP contribution in [0.25, 0.3) is 0 Å². The van der Waals surface area contributed by atoms with E-state index in [1.54, 1.807) is 4.90 Å². The molecule has 0 radical (unpaired) electrons. The highest BCUT2D eigenvalue weighted by Gasteiger charge is 2.13. The van der Waals surface area contributed by atoms with E-state index in [9.17, 15) is 4.79 Å². The van der Waals surface area contributed by atoms with E-state index in [4.69, 9.17) is 0 Å². The molecule has 0 fully saturated rings. The van der Waals surface area contributed by atoms with Crippen LogP contribution in [0.15, 0.2) is 24.3 Å². The third-order valence-electron chi connectivity index (χ3n) is 3.30. The van der Waals surface area contributed by atoms with Gasteiger partial charge in [0.05, 0.1) is 6.54 Å². The SMILES string of the molecule is Cc1ccc([C@@H](C)NCC(=O)N(C)C(C)C)cc1. The Bertz CT molecular complexity index is 384. The van der Waals surface area contributed by atoms with Crippen LogP contribution in [0.5, 0.6) is 0 Å². The van der Waals surface area contributed by atoms with Gasteiger partial charge in [0.1, 0.15) is 0 Å². The number of carbonyl (C=O) groups is 1. The molecule has 3 heteroatoms. The van der Waals surface area contributed by atoms with Crippen molar-refractivity contribution in [2.24, 2.45) is 0 Å². The van der Waals surface area contributed by atoms with Gasteiger partial charge in [-0.15, -0.1) is 0 Å². The predicted molar refractivity (Wildman–Crippen MR) is 75.5 cm³/mol. The van der Waals surface area contributed by atoms with Gasteiger partial charge in [0, 0.05) is 19.1 Å². The van der Waals surface area contributed by atoms with Crippen LogP contribution in [0.3, 0.4) is 0 Å². The molecule has 3 nitrogen and oxygen atoms in total. The molecule has 1 N–H and O–H groups in total. The topological polar surface area (TPSA) is 32.3 Å². The summed E-state index contributed by atoms with van der Waals surface area (Å²) in [6.45, 7) is 8.56. The van der Waals surface area contributed by atoms with Crippen molar-refractivity contribution < 1.29 is 4.79 Å². The fourth-order valence-corrected chi connectivity index (χ4v) is 1.63. The van der Waals surface area contributed by atoms with Crippen LogP contribution in [-0.4, -0.2) is 30.4 Å². The first-order valence-electron chi connectivity index (χ1n) is 6.47. The standard InChI is InChI=1S/C15H24N2O/c1-11(2)17(5)15(18)10-16-13(4)14-8-6-12(3)7-9-14/h6-9,11,13,16H,10H2,1-5H3/t13-/m1/s1. The molecule has 1 aromatic rings. The molecule has 0 saturated heterocycles. The molecule has 100 valence electrons. The maximum Gasteiger partial charge on any atom is 0.236 e. The molecule has 18 heavy (non-hydrogen) atoms. The summed E-state index contributed by atoms with van der Waals surface area (Å²) in [7, 11) is 1.84. The lowest BCUT2D eigenvalue weighted by molar-refractivity contribution is -0.130. The molecular formula is C15H24N2O. The van der Waals surface area contributed by atoms with Crippen molar-refractivity contribution in [3.05, 3.63) is 35.4 Å². The first-order valence-corrected chi connectivity index (χ1v) is 6.47. The minimum atomic E-state index is 0.129. The summed E-state index contributed by atoms with van der Waals surface area (Å²) < 4.78 is 0. The monoisotopic (exact) mass is 248 g/mol. The number of hydrogen-bond donors (Lipinski definition) is 1. The van der Waals surface area contributed by atoms with Crippen molar-refractivity contribution in [1.29, 1.82) is 0 Å². The number of nitrogens with one attached hydrogen (secondary N) is 1. The average molecular weight is 248 g/mol. The van der Waals surface area contributed by atoms with Gasteiger partial charge in [-0.25, -0.2) is 0 Å². The highest BCUT2D eigenvalue weighted by atomic mass is 16.2. The number of amides is 1. The van der Waals surface area contributed by atoms with Gasteiger partial charge in [0.25, 0.3) is 0 Å². The summed E-state index contributed by atoms with van der Waals surface area (Å²) >= 11 is 0. The lowest BCUT2D eigenvalue weighted by atomic mass is 10.1. The van der Waals surface area contributed by atoms with Crippen molar-refractivity contribution in [3.63, 3.8) is 0 Å². The maximum atomic E-state index is 11.8. The van der Waals surface area contributed by atoms with E-state index in [0.717, 1.165) is 0 Å². The van der Waals surface area contributed by atoms with Crippen molar-refractivity contribution in [2.75, 3.05) is 13.6 Å². The summed E-state index contributed by atoms with van der Waals surface area (Å²) in [5.41, 5.74) is 2.46. The Balaban J connectivity index is 2.48. The Morgan fingerprint density at radius 1 is 1.22 bits per heavy atom. The number of aryl methyl sites for hydroxylation is 1. The molecule has 1 rings (SSSR count). The normalized spacial score (nSPS) is 12.6. The zero-order valence-corrected chi connectivity index (χ0v) is 12.0. The molecule has 0 bridgehead atoms. The fraction of sp³-hybridized carbons (Fsp3) is 0.533.